The molecule has 0 radical (unpaired) electrons. The Hall–Kier alpha value is -2.40. The smallest absolute Gasteiger partial charge is 0.322 e. The molecule has 0 aliphatic carbocycles. The zero-order chi connectivity index (χ0) is 19.1. The van der Waals surface area contributed by atoms with Gasteiger partial charge in [0.15, 0.2) is 5.05 Å². The lowest BCUT2D eigenvalue weighted by Crippen LogP contribution is -2.43. The van der Waals surface area contributed by atoms with E-state index in [1.165, 1.54) is 5.56 Å². The van der Waals surface area contributed by atoms with Crippen LogP contribution >= 0.6 is 12.2 Å². The fourth-order valence-corrected chi connectivity index (χ4v) is 3.67. The summed E-state index contributed by atoms with van der Waals surface area (Å²) in [6, 6.07) is 17.9. The Kier molecular flexibility index (Phi) is 6.82. The Morgan fingerprint density at radius 1 is 1.19 bits per heavy atom. The maximum Gasteiger partial charge on any atom is 0.322 e. The van der Waals surface area contributed by atoms with E-state index in [0.29, 0.717) is 18.2 Å². The highest BCUT2D eigenvalue weighted by atomic mass is 32.1. The summed E-state index contributed by atoms with van der Waals surface area (Å²) in [5.41, 5.74) is 3.18. The molecule has 27 heavy (non-hydrogen) atoms. The van der Waals surface area contributed by atoms with E-state index in [-0.39, 0.29) is 12.1 Å². The number of para-hydroxylation sites is 1. The average molecular weight is 383 g/mol. The molecule has 0 spiro atoms. The number of carbonyl (C=O) groups is 1. The molecular formula is C22H26N2O2S. The number of carbonyl (C=O) groups excluding carboxylic acids is 1. The minimum absolute atomic E-state index is 0.109. The van der Waals surface area contributed by atoms with Crippen molar-refractivity contribution in [3.8, 4) is 0 Å². The van der Waals surface area contributed by atoms with Crippen LogP contribution in [-0.2, 0) is 11.2 Å². The largest absolute Gasteiger partial charge is 0.485 e. The Bertz CT molecular complexity index is 779. The summed E-state index contributed by atoms with van der Waals surface area (Å²) < 4.78 is 5.81. The molecular weight excluding hydrogens is 356 g/mol. The van der Waals surface area contributed by atoms with Gasteiger partial charge in [0, 0.05) is 12.2 Å². The second-order valence-corrected chi connectivity index (χ2v) is 7.26. The second kappa shape index (κ2) is 9.51. The van der Waals surface area contributed by atoms with Crippen molar-refractivity contribution in [2.45, 2.75) is 38.6 Å². The van der Waals surface area contributed by atoms with Crippen molar-refractivity contribution >= 4 is 29.0 Å². The topological polar surface area (TPSA) is 41.6 Å². The molecule has 2 aromatic carbocycles. The fourth-order valence-electron chi connectivity index (χ4n) is 3.34. The molecule has 1 aliphatic heterocycles. The Labute approximate surface area is 166 Å². The van der Waals surface area contributed by atoms with Crippen LogP contribution in [0.3, 0.4) is 0 Å². The van der Waals surface area contributed by atoms with Crippen molar-refractivity contribution in [3.05, 3.63) is 65.7 Å². The van der Waals surface area contributed by atoms with Crippen LogP contribution in [0.1, 0.15) is 30.4 Å². The zero-order valence-corrected chi connectivity index (χ0v) is 16.5. The van der Waals surface area contributed by atoms with Crippen molar-refractivity contribution in [1.29, 1.82) is 0 Å². The highest BCUT2D eigenvalue weighted by Gasteiger charge is 2.33. The maximum absolute atomic E-state index is 12.7. The molecule has 0 bridgehead atoms. The molecule has 2 amide bonds. The van der Waals surface area contributed by atoms with Gasteiger partial charge in [-0.25, -0.2) is 4.79 Å². The highest BCUT2D eigenvalue weighted by Crippen LogP contribution is 2.22. The molecule has 1 saturated heterocycles. The summed E-state index contributed by atoms with van der Waals surface area (Å²) in [4.78, 5) is 14.5. The first-order valence-electron chi connectivity index (χ1n) is 9.49. The molecule has 1 N–H and O–H groups in total. The summed E-state index contributed by atoms with van der Waals surface area (Å²) >= 11 is 5.49. The van der Waals surface area contributed by atoms with Crippen LogP contribution in [-0.4, -0.2) is 35.2 Å². The van der Waals surface area contributed by atoms with Crippen molar-refractivity contribution in [2.75, 3.05) is 18.5 Å². The molecule has 2 aromatic rings. The molecule has 1 atom stereocenters. The van der Waals surface area contributed by atoms with E-state index < -0.39 is 0 Å². The van der Waals surface area contributed by atoms with Gasteiger partial charge in [-0.05, 0) is 62.0 Å². The molecule has 3 rings (SSSR count). The third kappa shape index (κ3) is 5.30. The van der Waals surface area contributed by atoms with Crippen LogP contribution in [0.15, 0.2) is 54.6 Å². The Balaban J connectivity index is 1.48. The van der Waals surface area contributed by atoms with Crippen LogP contribution in [0.2, 0.25) is 0 Å². The van der Waals surface area contributed by atoms with Gasteiger partial charge in [-0.3, -0.25) is 0 Å². The third-order valence-electron chi connectivity index (χ3n) is 4.87. The van der Waals surface area contributed by atoms with E-state index >= 15 is 0 Å². The minimum atomic E-state index is -0.124. The van der Waals surface area contributed by atoms with Gasteiger partial charge in [0.2, 0.25) is 0 Å². The number of anilines is 1. The Morgan fingerprint density at radius 3 is 2.70 bits per heavy atom. The van der Waals surface area contributed by atoms with Gasteiger partial charge in [0.1, 0.15) is 6.04 Å². The van der Waals surface area contributed by atoms with Crippen LogP contribution in [0.4, 0.5) is 10.5 Å². The van der Waals surface area contributed by atoms with E-state index in [4.69, 9.17) is 17.0 Å². The molecule has 0 saturated carbocycles. The second-order valence-electron chi connectivity index (χ2n) is 6.85. The summed E-state index contributed by atoms with van der Waals surface area (Å²) in [5, 5.41) is 3.53. The number of hydrogen-bond donors (Lipinski definition) is 1. The molecule has 1 aliphatic rings. The number of rotatable bonds is 6. The van der Waals surface area contributed by atoms with Crippen LogP contribution < -0.4 is 5.32 Å². The minimum Gasteiger partial charge on any atom is -0.485 e. The molecule has 1 heterocycles. The van der Waals surface area contributed by atoms with E-state index in [1.54, 1.807) is 4.90 Å². The summed E-state index contributed by atoms with van der Waals surface area (Å²) in [7, 11) is 0. The van der Waals surface area contributed by atoms with Crippen LogP contribution in [0.5, 0.6) is 0 Å². The number of urea groups is 1. The Morgan fingerprint density at radius 2 is 1.93 bits per heavy atom. The first kappa shape index (κ1) is 19.4. The van der Waals surface area contributed by atoms with Gasteiger partial charge in [0.05, 0.1) is 6.61 Å². The lowest BCUT2D eigenvalue weighted by atomic mass is 10.1. The van der Waals surface area contributed by atoms with Crippen LogP contribution in [0.25, 0.3) is 0 Å². The van der Waals surface area contributed by atoms with Crippen LogP contribution in [0, 0.1) is 6.92 Å². The van der Waals surface area contributed by atoms with Gasteiger partial charge in [-0.2, -0.15) is 0 Å². The molecule has 142 valence electrons. The fraction of sp³-hybridized carbons (Fsp3) is 0.364. The van der Waals surface area contributed by atoms with Gasteiger partial charge in [0.25, 0.3) is 0 Å². The summed E-state index contributed by atoms with van der Waals surface area (Å²) in [6.07, 6.45) is 3.68. The number of nitrogens with one attached hydrogen (secondary N) is 1. The van der Waals surface area contributed by atoms with Gasteiger partial charge >= 0.3 is 6.03 Å². The molecule has 0 unspecified atom stereocenters. The maximum atomic E-state index is 12.7. The monoisotopic (exact) mass is 382 g/mol. The average Bonchev–Trinajstić information content (AvgIpc) is 3.18. The normalized spacial score (nSPS) is 16.2. The number of amides is 2. The number of benzene rings is 2. The summed E-state index contributed by atoms with van der Waals surface area (Å²) in [5.74, 6) is 0. The molecule has 1 fully saturated rings. The first-order chi connectivity index (χ1) is 13.1. The van der Waals surface area contributed by atoms with Gasteiger partial charge in [-0.1, -0.05) is 48.5 Å². The highest BCUT2D eigenvalue weighted by molar-refractivity contribution is 7.80. The van der Waals surface area contributed by atoms with E-state index in [2.05, 4.69) is 17.4 Å². The van der Waals surface area contributed by atoms with Crippen molar-refractivity contribution in [2.24, 2.45) is 0 Å². The van der Waals surface area contributed by atoms with Gasteiger partial charge < -0.3 is 15.0 Å². The molecule has 5 heteroatoms. The quantitative estimate of drug-likeness (QED) is 0.567. The lowest BCUT2D eigenvalue weighted by molar-refractivity contribution is 0.207. The third-order valence-corrected chi connectivity index (χ3v) is 5.26. The number of thiocarbonyl (C=S) groups is 1. The van der Waals surface area contributed by atoms with Crippen molar-refractivity contribution < 1.29 is 9.53 Å². The predicted octanol–water partition coefficient (Wildman–Crippen LogP) is 4.97. The zero-order valence-electron chi connectivity index (χ0n) is 15.7. The number of aryl methyl sites for hydroxylation is 2. The number of ether oxygens (including phenoxy) is 1. The van der Waals surface area contributed by atoms with Crippen molar-refractivity contribution in [3.63, 3.8) is 0 Å². The summed E-state index contributed by atoms with van der Waals surface area (Å²) in [6.45, 7) is 3.27. The number of hydrogen-bond acceptors (Lipinski definition) is 3. The number of nitrogens with zero attached hydrogens (tertiary/aromatic N) is 1. The van der Waals surface area contributed by atoms with E-state index in [0.717, 1.165) is 36.9 Å². The molecule has 0 aromatic heterocycles. The number of likely N-dealkylation sites (tertiary alicyclic amines) is 1. The van der Waals surface area contributed by atoms with Gasteiger partial charge in [-0.15, -0.1) is 0 Å². The van der Waals surface area contributed by atoms with E-state index in [9.17, 15) is 4.79 Å². The SMILES string of the molecule is Cc1ccccc1NC(=O)N1CCC[C@H]1C(=S)OCCCc1ccccc1. The van der Waals surface area contributed by atoms with E-state index in [1.807, 2.05) is 49.4 Å². The van der Waals surface area contributed by atoms with Crippen molar-refractivity contribution in [1.82, 2.24) is 4.90 Å². The first-order valence-corrected chi connectivity index (χ1v) is 9.90. The molecule has 4 nitrogen and oxygen atoms in total. The standard InChI is InChI=1S/C22H26N2O2S/c1-17-9-5-6-13-19(17)23-22(25)24-15-7-14-20(24)21(27)26-16-8-12-18-10-3-2-4-11-18/h2-6,9-11,13,20H,7-8,12,14-16H2,1H3,(H,23,25)/t20-/m0/s1. The predicted molar refractivity (Wildman–Crippen MR) is 113 cm³/mol. The lowest BCUT2D eigenvalue weighted by Gasteiger charge is -2.25.